The minimum atomic E-state index is -0.494. The number of hydrogen-bond donors (Lipinski definition) is 1. The van der Waals surface area contributed by atoms with E-state index in [9.17, 15) is 5.02 Å². The van der Waals surface area contributed by atoms with Crippen LogP contribution in [-0.4, -0.2) is 21.5 Å². The van der Waals surface area contributed by atoms with E-state index in [4.69, 9.17) is 0 Å². The molecule has 0 atom stereocenters. The Kier molecular flexibility index (Phi) is 1.62. The van der Waals surface area contributed by atoms with Gasteiger partial charge in [0.1, 0.15) is 0 Å². The topological polar surface area (TPSA) is 38.0 Å². The number of fused-ring (bicyclic) bond motifs is 1. The molecule has 2 rings (SSSR count). The zero-order chi connectivity index (χ0) is 8.55. The molecule has 12 heavy (non-hydrogen) atoms. The standard InChI is InChI=1S/C8H9BN2O/c1-9(12)11-5-3-7-2-4-10-6-8(7)11/h2-6,12H,1H3. The molecule has 0 bridgehead atoms. The van der Waals surface area contributed by atoms with Gasteiger partial charge in [0.05, 0.1) is 5.52 Å². The van der Waals surface area contributed by atoms with Gasteiger partial charge in [-0.05, 0) is 25.2 Å². The summed E-state index contributed by atoms with van der Waals surface area (Å²) >= 11 is 0. The molecular weight excluding hydrogens is 151 g/mol. The molecule has 0 amide bonds. The number of aromatic nitrogens is 2. The molecule has 0 aliphatic rings. The van der Waals surface area contributed by atoms with Gasteiger partial charge >= 0.3 is 7.05 Å². The van der Waals surface area contributed by atoms with Crippen molar-refractivity contribution < 1.29 is 5.02 Å². The highest BCUT2D eigenvalue weighted by Gasteiger charge is 2.08. The van der Waals surface area contributed by atoms with Crippen molar-refractivity contribution in [2.24, 2.45) is 0 Å². The summed E-state index contributed by atoms with van der Waals surface area (Å²) in [4.78, 5) is 4.00. The lowest BCUT2D eigenvalue weighted by atomic mass is 9.88. The van der Waals surface area contributed by atoms with Crippen molar-refractivity contribution >= 4 is 18.0 Å². The maximum Gasteiger partial charge on any atom is 0.413 e. The normalized spacial score (nSPS) is 10.5. The molecule has 2 aromatic rings. The third-order valence-corrected chi connectivity index (χ3v) is 1.93. The van der Waals surface area contributed by atoms with Crippen molar-refractivity contribution in [1.82, 2.24) is 9.46 Å². The van der Waals surface area contributed by atoms with Crippen molar-refractivity contribution in [2.45, 2.75) is 6.82 Å². The van der Waals surface area contributed by atoms with E-state index < -0.39 is 7.05 Å². The molecular formula is C8H9BN2O. The first-order valence-electron chi connectivity index (χ1n) is 3.87. The van der Waals surface area contributed by atoms with E-state index in [-0.39, 0.29) is 0 Å². The Hall–Kier alpha value is -1.29. The Morgan fingerprint density at radius 2 is 2.33 bits per heavy atom. The van der Waals surface area contributed by atoms with Crippen molar-refractivity contribution in [3.63, 3.8) is 0 Å². The average Bonchev–Trinajstić information content (AvgIpc) is 2.47. The van der Waals surface area contributed by atoms with Crippen molar-refractivity contribution in [3.8, 4) is 0 Å². The Labute approximate surface area is 70.8 Å². The zero-order valence-electron chi connectivity index (χ0n) is 6.81. The monoisotopic (exact) mass is 160 g/mol. The van der Waals surface area contributed by atoms with Crippen molar-refractivity contribution in [2.75, 3.05) is 0 Å². The van der Waals surface area contributed by atoms with Crippen LogP contribution in [-0.2, 0) is 0 Å². The van der Waals surface area contributed by atoms with Gasteiger partial charge in [0.2, 0.25) is 0 Å². The molecule has 2 aromatic heterocycles. The van der Waals surface area contributed by atoms with Gasteiger partial charge in [0.15, 0.2) is 0 Å². The molecule has 1 N–H and O–H groups in total. The lowest BCUT2D eigenvalue weighted by molar-refractivity contribution is 0.566. The van der Waals surface area contributed by atoms with Gasteiger partial charge in [-0.2, -0.15) is 0 Å². The van der Waals surface area contributed by atoms with Crippen LogP contribution < -0.4 is 0 Å². The molecule has 0 fully saturated rings. The molecule has 0 aliphatic carbocycles. The number of hydrogen-bond acceptors (Lipinski definition) is 2. The molecule has 4 heteroatoms. The highest BCUT2D eigenvalue weighted by atomic mass is 16.2. The van der Waals surface area contributed by atoms with Crippen LogP contribution in [0.3, 0.4) is 0 Å². The third kappa shape index (κ3) is 1.01. The summed E-state index contributed by atoms with van der Waals surface area (Å²) < 4.78 is 1.78. The van der Waals surface area contributed by atoms with Crippen LogP contribution in [0.15, 0.2) is 30.7 Å². The fraction of sp³-hybridized carbons (Fsp3) is 0.125. The predicted octanol–water partition coefficient (Wildman–Crippen LogP) is 0.995. The highest BCUT2D eigenvalue weighted by molar-refractivity contribution is 6.48. The van der Waals surface area contributed by atoms with Crippen LogP contribution in [0.2, 0.25) is 6.82 Å². The Morgan fingerprint density at radius 3 is 3.08 bits per heavy atom. The SMILES string of the molecule is CB(O)n1ccc2ccncc21. The maximum atomic E-state index is 9.35. The van der Waals surface area contributed by atoms with Crippen LogP contribution in [0, 0.1) is 0 Å². The summed E-state index contributed by atoms with van der Waals surface area (Å²) in [5.41, 5.74) is 0.965. The summed E-state index contributed by atoms with van der Waals surface area (Å²) in [6, 6.07) is 3.89. The molecule has 0 spiro atoms. The van der Waals surface area contributed by atoms with E-state index in [1.54, 1.807) is 23.7 Å². The number of rotatable bonds is 1. The lowest BCUT2D eigenvalue weighted by Gasteiger charge is -2.02. The Bertz CT molecular complexity index is 397. The molecule has 3 nitrogen and oxygen atoms in total. The smallest absolute Gasteiger partial charge is 0.413 e. The second-order valence-electron chi connectivity index (χ2n) is 2.79. The summed E-state index contributed by atoms with van der Waals surface area (Å²) in [5, 5.41) is 10.4. The van der Waals surface area contributed by atoms with Gasteiger partial charge in [-0.25, -0.2) is 0 Å². The minimum absolute atomic E-state index is 0.494. The van der Waals surface area contributed by atoms with Gasteiger partial charge in [0, 0.05) is 17.8 Å². The Balaban J connectivity index is 2.70. The fourth-order valence-corrected chi connectivity index (χ4v) is 1.32. The third-order valence-electron chi connectivity index (χ3n) is 1.93. The van der Waals surface area contributed by atoms with Crippen molar-refractivity contribution in [1.29, 1.82) is 0 Å². The van der Waals surface area contributed by atoms with E-state index in [0.29, 0.717) is 0 Å². The number of nitrogens with zero attached hydrogens (tertiary/aromatic N) is 2. The second-order valence-corrected chi connectivity index (χ2v) is 2.79. The molecule has 0 saturated carbocycles. The summed E-state index contributed by atoms with van der Waals surface area (Å²) in [6.07, 6.45) is 5.35. The van der Waals surface area contributed by atoms with Crippen LogP contribution in [0.25, 0.3) is 10.9 Å². The van der Waals surface area contributed by atoms with Gasteiger partial charge in [-0.1, -0.05) is 0 Å². The van der Waals surface area contributed by atoms with E-state index in [0.717, 1.165) is 10.9 Å². The van der Waals surface area contributed by atoms with Crippen LogP contribution in [0.4, 0.5) is 0 Å². The average molecular weight is 160 g/mol. The summed E-state index contributed by atoms with van der Waals surface area (Å²) in [7, 11) is -0.494. The molecule has 2 heterocycles. The maximum absolute atomic E-state index is 9.35. The predicted molar refractivity (Wildman–Crippen MR) is 49.0 cm³/mol. The van der Waals surface area contributed by atoms with Gasteiger partial charge in [-0.3, -0.25) is 4.98 Å². The van der Waals surface area contributed by atoms with Gasteiger partial charge < -0.3 is 9.50 Å². The summed E-state index contributed by atoms with van der Waals surface area (Å²) in [6.45, 7) is 1.73. The largest absolute Gasteiger partial charge is 0.432 e. The summed E-state index contributed by atoms with van der Waals surface area (Å²) in [5.74, 6) is 0. The Morgan fingerprint density at radius 1 is 1.50 bits per heavy atom. The minimum Gasteiger partial charge on any atom is -0.432 e. The molecule has 0 aromatic carbocycles. The first-order chi connectivity index (χ1) is 5.79. The van der Waals surface area contributed by atoms with Crippen LogP contribution in [0.1, 0.15) is 0 Å². The molecule has 0 aliphatic heterocycles. The van der Waals surface area contributed by atoms with Gasteiger partial charge in [-0.15, -0.1) is 0 Å². The molecule has 0 unspecified atom stereocenters. The fourth-order valence-electron chi connectivity index (χ4n) is 1.32. The first kappa shape index (κ1) is 7.37. The number of pyridine rings is 1. The van der Waals surface area contributed by atoms with Gasteiger partial charge in [0.25, 0.3) is 0 Å². The molecule has 60 valence electrons. The van der Waals surface area contributed by atoms with Crippen LogP contribution >= 0.6 is 0 Å². The van der Waals surface area contributed by atoms with E-state index >= 15 is 0 Å². The second kappa shape index (κ2) is 2.64. The van der Waals surface area contributed by atoms with E-state index in [2.05, 4.69) is 4.98 Å². The zero-order valence-corrected chi connectivity index (χ0v) is 6.81. The quantitative estimate of drug-likeness (QED) is 0.631. The van der Waals surface area contributed by atoms with Crippen LogP contribution in [0.5, 0.6) is 0 Å². The first-order valence-corrected chi connectivity index (χ1v) is 3.87. The lowest BCUT2D eigenvalue weighted by Crippen LogP contribution is -2.17. The molecule has 0 saturated heterocycles. The van der Waals surface area contributed by atoms with E-state index in [1.165, 1.54) is 0 Å². The highest BCUT2D eigenvalue weighted by Crippen LogP contribution is 2.13. The van der Waals surface area contributed by atoms with E-state index in [1.807, 2.05) is 18.3 Å². The molecule has 0 radical (unpaired) electrons. The van der Waals surface area contributed by atoms with Crippen molar-refractivity contribution in [3.05, 3.63) is 30.7 Å².